The van der Waals surface area contributed by atoms with Crippen LogP contribution in [0.1, 0.15) is 44.6 Å². The highest BCUT2D eigenvalue weighted by Crippen LogP contribution is 2.25. The van der Waals surface area contributed by atoms with Gasteiger partial charge < -0.3 is 4.74 Å². The number of esters is 1. The standard InChI is InChI=1S/C18H18N4O3S2/c1-5-25-16(24)15-21-22(13-8-6-10(2)7-9-13)18(27-15)20-17-19-11(3)14(26-17)12(4)23/h6-9H,5H2,1-4H3/b20-18-. The molecule has 1 aromatic carbocycles. The van der Waals surface area contributed by atoms with E-state index in [-0.39, 0.29) is 17.4 Å². The Kier molecular flexibility index (Phi) is 5.62. The summed E-state index contributed by atoms with van der Waals surface area (Å²) in [6, 6.07) is 7.71. The van der Waals surface area contributed by atoms with E-state index in [4.69, 9.17) is 4.74 Å². The van der Waals surface area contributed by atoms with Crippen LogP contribution in [0.5, 0.6) is 0 Å². The summed E-state index contributed by atoms with van der Waals surface area (Å²) < 4.78 is 6.64. The number of aryl methyl sites for hydroxylation is 2. The molecule has 27 heavy (non-hydrogen) atoms. The van der Waals surface area contributed by atoms with Crippen LogP contribution < -0.4 is 4.80 Å². The highest BCUT2D eigenvalue weighted by atomic mass is 32.1. The Morgan fingerprint density at radius 3 is 2.48 bits per heavy atom. The lowest BCUT2D eigenvalue weighted by Crippen LogP contribution is -2.14. The molecule has 2 aromatic heterocycles. The molecule has 0 aliphatic rings. The number of carbonyl (C=O) groups excluding carboxylic acids is 2. The van der Waals surface area contributed by atoms with E-state index in [1.165, 1.54) is 18.3 Å². The molecule has 0 bridgehead atoms. The Labute approximate surface area is 164 Å². The molecule has 9 heteroatoms. The number of rotatable bonds is 5. The van der Waals surface area contributed by atoms with Gasteiger partial charge >= 0.3 is 5.97 Å². The van der Waals surface area contributed by atoms with Crippen LogP contribution in [0, 0.1) is 13.8 Å². The molecular weight excluding hydrogens is 384 g/mol. The highest BCUT2D eigenvalue weighted by Gasteiger charge is 2.17. The molecule has 0 saturated carbocycles. The van der Waals surface area contributed by atoms with Crippen molar-refractivity contribution in [2.24, 2.45) is 4.99 Å². The topological polar surface area (TPSA) is 86.4 Å². The second-order valence-corrected chi connectivity index (χ2v) is 7.67. The summed E-state index contributed by atoms with van der Waals surface area (Å²) in [6.45, 7) is 7.28. The van der Waals surface area contributed by atoms with Gasteiger partial charge in [-0.25, -0.2) is 14.5 Å². The summed E-state index contributed by atoms with van der Waals surface area (Å²) in [5.74, 6) is -0.543. The van der Waals surface area contributed by atoms with Gasteiger partial charge in [-0.3, -0.25) is 4.79 Å². The maximum absolute atomic E-state index is 12.1. The van der Waals surface area contributed by atoms with Gasteiger partial charge in [-0.1, -0.05) is 40.4 Å². The van der Waals surface area contributed by atoms with Crippen molar-refractivity contribution < 1.29 is 14.3 Å². The Morgan fingerprint density at radius 1 is 1.19 bits per heavy atom. The van der Waals surface area contributed by atoms with Crippen molar-refractivity contribution in [1.82, 2.24) is 14.8 Å². The van der Waals surface area contributed by atoms with Crippen LogP contribution in [0.2, 0.25) is 0 Å². The van der Waals surface area contributed by atoms with E-state index in [0.29, 0.717) is 20.5 Å². The Morgan fingerprint density at radius 2 is 1.89 bits per heavy atom. The number of thiazole rings is 1. The number of ether oxygens (including phenoxy) is 1. The van der Waals surface area contributed by atoms with Gasteiger partial charge in [-0.05, 0) is 32.9 Å². The van der Waals surface area contributed by atoms with E-state index in [0.717, 1.165) is 22.6 Å². The van der Waals surface area contributed by atoms with Crippen molar-refractivity contribution in [2.75, 3.05) is 6.61 Å². The van der Waals surface area contributed by atoms with Crippen molar-refractivity contribution >= 4 is 39.6 Å². The van der Waals surface area contributed by atoms with Crippen molar-refractivity contribution in [3.8, 4) is 5.69 Å². The van der Waals surface area contributed by atoms with Gasteiger partial charge in [-0.15, -0.1) is 5.10 Å². The minimum absolute atomic E-state index is 0.0469. The molecule has 140 valence electrons. The quantitative estimate of drug-likeness (QED) is 0.481. The SMILES string of the molecule is CCOC(=O)c1nn(-c2ccc(C)cc2)/c(=N/c2nc(C)c(C(C)=O)s2)s1. The van der Waals surface area contributed by atoms with Crippen LogP contribution in [-0.4, -0.2) is 33.1 Å². The molecule has 0 unspecified atom stereocenters. The molecule has 7 nitrogen and oxygen atoms in total. The number of hydrogen-bond acceptors (Lipinski definition) is 8. The number of Topliss-reactive ketones (excluding diaryl/α,β-unsaturated/α-hetero) is 1. The van der Waals surface area contributed by atoms with Crippen molar-refractivity contribution in [1.29, 1.82) is 0 Å². The maximum atomic E-state index is 12.1. The lowest BCUT2D eigenvalue weighted by molar-refractivity contribution is 0.0524. The number of aromatic nitrogens is 3. The Bertz CT molecular complexity index is 1060. The zero-order chi connectivity index (χ0) is 19.6. The van der Waals surface area contributed by atoms with Crippen molar-refractivity contribution in [3.63, 3.8) is 0 Å². The predicted octanol–water partition coefficient (Wildman–Crippen LogP) is 3.62. The van der Waals surface area contributed by atoms with E-state index >= 15 is 0 Å². The van der Waals surface area contributed by atoms with Gasteiger partial charge in [-0.2, -0.15) is 4.99 Å². The summed E-state index contributed by atoms with van der Waals surface area (Å²) in [7, 11) is 0. The first-order valence-electron chi connectivity index (χ1n) is 8.26. The molecule has 0 N–H and O–H groups in total. The van der Waals surface area contributed by atoms with Crippen molar-refractivity contribution in [2.45, 2.75) is 27.7 Å². The summed E-state index contributed by atoms with van der Waals surface area (Å²) >= 11 is 2.34. The third-order valence-corrected chi connectivity index (χ3v) is 5.63. The Balaban J connectivity index is 2.14. The molecule has 2 heterocycles. The monoisotopic (exact) mass is 402 g/mol. The summed E-state index contributed by atoms with van der Waals surface area (Å²) in [4.78, 5) is 33.7. The van der Waals surface area contributed by atoms with Gasteiger partial charge in [0.15, 0.2) is 5.78 Å². The van der Waals surface area contributed by atoms with E-state index in [1.807, 2.05) is 31.2 Å². The number of carbonyl (C=O) groups is 2. The van der Waals surface area contributed by atoms with Crippen LogP contribution in [0.4, 0.5) is 5.13 Å². The van der Waals surface area contributed by atoms with Gasteiger partial charge in [0.25, 0.3) is 0 Å². The normalized spacial score (nSPS) is 11.6. The van der Waals surface area contributed by atoms with Gasteiger partial charge in [0.1, 0.15) is 0 Å². The molecule has 3 aromatic rings. The maximum Gasteiger partial charge on any atom is 0.369 e. The summed E-state index contributed by atoms with van der Waals surface area (Å²) in [6.07, 6.45) is 0. The average Bonchev–Trinajstić information content (AvgIpc) is 3.20. The average molecular weight is 403 g/mol. The lowest BCUT2D eigenvalue weighted by Gasteiger charge is -2.01. The summed E-state index contributed by atoms with van der Waals surface area (Å²) in [5.41, 5.74) is 2.52. The van der Waals surface area contributed by atoms with E-state index in [2.05, 4.69) is 15.1 Å². The molecule has 0 spiro atoms. The van der Waals surface area contributed by atoms with Gasteiger partial charge in [0.2, 0.25) is 14.9 Å². The van der Waals surface area contributed by atoms with Crippen LogP contribution in [0.15, 0.2) is 29.3 Å². The van der Waals surface area contributed by atoms with Crippen molar-refractivity contribution in [3.05, 3.63) is 50.2 Å². The largest absolute Gasteiger partial charge is 0.461 e. The highest BCUT2D eigenvalue weighted by molar-refractivity contribution is 7.17. The van der Waals surface area contributed by atoms with Crippen LogP contribution >= 0.6 is 22.7 Å². The van der Waals surface area contributed by atoms with Crippen LogP contribution in [0.3, 0.4) is 0 Å². The molecule has 0 radical (unpaired) electrons. The fourth-order valence-electron chi connectivity index (χ4n) is 2.32. The summed E-state index contributed by atoms with van der Waals surface area (Å²) in [5, 5.41) is 5.01. The number of hydrogen-bond donors (Lipinski definition) is 0. The van der Waals surface area contributed by atoms with E-state index in [9.17, 15) is 9.59 Å². The van der Waals surface area contributed by atoms with E-state index in [1.54, 1.807) is 18.5 Å². The molecule has 3 rings (SSSR count). The minimum atomic E-state index is -0.496. The minimum Gasteiger partial charge on any atom is -0.461 e. The Hall–Kier alpha value is -2.65. The third kappa shape index (κ3) is 4.20. The smallest absolute Gasteiger partial charge is 0.369 e. The third-order valence-electron chi connectivity index (χ3n) is 3.58. The van der Waals surface area contributed by atoms with Gasteiger partial charge in [0, 0.05) is 6.92 Å². The first-order valence-corrected chi connectivity index (χ1v) is 9.89. The van der Waals surface area contributed by atoms with Crippen LogP contribution in [-0.2, 0) is 4.74 Å². The molecule has 0 aliphatic carbocycles. The number of ketones is 1. The second kappa shape index (κ2) is 7.93. The van der Waals surface area contributed by atoms with E-state index < -0.39 is 5.97 Å². The van der Waals surface area contributed by atoms with Gasteiger partial charge in [0.05, 0.1) is 22.9 Å². The first kappa shape index (κ1) is 19.1. The molecular formula is C18H18N4O3S2. The lowest BCUT2D eigenvalue weighted by atomic mass is 10.2. The molecule has 0 aliphatic heterocycles. The zero-order valence-corrected chi connectivity index (χ0v) is 17.0. The number of benzene rings is 1. The fourth-order valence-corrected chi connectivity index (χ4v) is 4.02. The second-order valence-electron chi connectivity index (χ2n) is 5.74. The zero-order valence-electron chi connectivity index (χ0n) is 15.3. The first-order chi connectivity index (χ1) is 12.9. The number of nitrogens with zero attached hydrogens (tertiary/aromatic N) is 4. The molecule has 0 fully saturated rings. The van der Waals surface area contributed by atoms with Crippen LogP contribution in [0.25, 0.3) is 5.69 Å². The fraction of sp³-hybridized carbons (Fsp3) is 0.278. The molecule has 0 amide bonds. The molecule has 0 atom stereocenters. The molecule has 0 saturated heterocycles. The predicted molar refractivity (Wildman–Crippen MR) is 104 cm³/mol.